The molecule has 3 N–H and O–H groups in total. The average molecular weight is 271 g/mol. The quantitative estimate of drug-likeness (QED) is 0.788. The normalized spacial score (nSPS) is 15.2. The molecule has 1 saturated carbocycles. The van der Waals surface area contributed by atoms with Gasteiger partial charge in [0.25, 0.3) is 5.91 Å². The zero-order chi connectivity index (χ0) is 13.3. The van der Waals surface area contributed by atoms with Crippen molar-refractivity contribution >= 4 is 21.6 Å². The Bertz CT molecular complexity index is 581. The van der Waals surface area contributed by atoms with E-state index in [2.05, 4.69) is 9.71 Å². The minimum absolute atomic E-state index is 0.00519. The van der Waals surface area contributed by atoms with Crippen molar-refractivity contribution in [1.82, 2.24) is 4.98 Å². The number of rotatable bonds is 5. The predicted molar refractivity (Wildman–Crippen MR) is 64.9 cm³/mol. The van der Waals surface area contributed by atoms with Gasteiger partial charge >= 0.3 is 0 Å². The number of anilines is 1. The Labute approximate surface area is 104 Å². The van der Waals surface area contributed by atoms with Crippen LogP contribution in [0, 0.1) is 0 Å². The summed E-state index contributed by atoms with van der Waals surface area (Å²) >= 11 is 0. The van der Waals surface area contributed by atoms with Gasteiger partial charge in [0.15, 0.2) is 5.75 Å². The zero-order valence-corrected chi connectivity index (χ0v) is 10.5. The van der Waals surface area contributed by atoms with E-state index >= 15 is 0 Å². The van der Waals surface area contributed by atoms with E-state index < -0.39 is 15.9 Å². The van der Waals surface area contributed by atoms with Crippen LogP contribution >= 0.6 is 0 Å². The molecular weight excluding hydrogens is 258 g/mol. The predicted octanol–water partition coefficient (Wildman–Crippen LogP) is 0.0932. The van der Waals surface area contributed by atoms with E-state index in [-0.39, 0.29) is 23.1 Å². The molecule has 0 aliphatic heterocycles. The Morgan fingerprint density at radius 1 is 1.50 bits per heavy atom. The molecule has 1 amide bonds. The third-order valence-electron chi connectivity index (χ3n) is 2.27. The van der Waals surface area contributed by atoms with Crippen LogP contribution in [0.1, 0.15) is 23.2 Å². The van der Waals surface area contributed by atoms with Gasteiger partial charge < -0.3 is 10.5 Å². The molecule has 0 radical (unpaired) electrons. The zero-order valence-electron chi connectivity index (χ0n) is 9.71. The summed E-state index contributed by atoms with van der Waals surface area (Å²) in [5.74, 6) is -0.569. The van der Waals surface area contributed by atoms with Gasteiger partial charge in [-0.15, -0.1) is 0 Å². The van der Waals surface area contributed by atoms with Crippen molar-refractivity contribution in [2.75, 3.05) is 11.0 Å². The highest BCUT2D eigenvalue weighted by molar-refractivity contribution is 7.92. The summed E-state index contributed by atoms with van der Waals surface area (Å²) < 4.78 is 30.2. The van der Waals surface area contributed by atoms with Crippen LogP contribution in [0.3, 0.4) is 0 Å². The van der Waals surface area contributed by atoms with Gasteiger partial charge in [0.2, 0.25) is 10.0 Å². The standard InChI is InChI=1S/C10H13N3O4S/c1-18(15,16)13-8-5-12-4-7(10(11)14)9(8)17-6-2-3-6/h4-6,13H,2-3H2,1H3,(H2,11,14). The molecule has 2 rings (SSSR count). The third kappa shape index (κ3) is 3.10. The summed E-state index contributed by atoms with van der Waals surface area (Å²) in [6, 6.07) is 0. The van der Waals surface area contributed by atoms with Crippen LogP contribution in [0.25, 0.3) is 0 Å². The Balaban J connectivity index is 2.42. The van der Waals surface area contributed by atoms with Crippen LogP contribution in [0.2, 0.25) is 0 Å². The number of nitrogens with zero attached hydrogens (tertiary/aromatic N) is 1. The van der Waals surface area contributed by atoms with E-state index in [0.717, 1.165) is 19.1 Å². The first-order valence-electron chi connectivity index (χ1n) is 5.29. The van der Waals surface area contributed by atoms with Crippen LogP contribution < -0.4 is 15.2 Å². The van der Waals surface area contributed by atoms with E-state index in [1.54, 1.807) is 0 Å². The molecule has 1 aromatic rings. The van der Waals surface area contributed by atoms with Gasteiger partial charge in [0.05, 0.1) is 18.6 Å². The van der Waals surface area contributed by atoms with E-state index in [0.29, 0.717) is 0 Å². The molecule has 0 atom stereocenters. The molecule has 0 bridgehead atoms. The first-order chi connectivity index (χ1) is 8.37. The maximum absolute atomic E-state index is 11.3. The maximum Gasteiger partial charge on any atom is 0.254 e. The molecule has 0 aromatic carbocycles. The first kappa shape index (κ1) is 12.6. The smallest absolute Gasteiger partial charge is 0.254 e. The largest absolute Gasteiger partial charge is 0.487 e. The highest BCUT2D eigenvalue weighted by Gasteiger charge is 2.27. The number of carbonyl (C=O) groups excluding carboxylic acids is 1. The van der Waals surface area contributed by atoms with E-state index in [4.69, 9.17) is 10.5 Å². The number of primary amides is 1. The summed E-state index contributed by atoms with van der Waals surface area (Å²) in [6.45, 7) is 0. The Morgan fingerprint density at radius 3 is 2.67 bits per heavy atom. The second-order valence-corrected chi connectivity index (χ2v) is 5.87. The van der Waals surface area contributed by atoms with E-state index in [9.17, 15) is 13.2 Å². The Kier molecular flexibility index (Phi) is 3.12. The highest BCUT2D eigenvalue weighted by atomic mass is 32.2. The Morgan fingerprint density at radius 2 is 2.17 bits per heavy atom. The SMILES string of the molecule is CS(=O)(=O)Nc1cncc(C(N)=O)c1OC1CC1. The molecule has 1 heterocycles. The number of amides is 1. The van der Waals surface area contributed by atoms with Crippen molar-refractivity contribution in [3.63, 3.8) is 0 Å². The second-order valence-electron chi connectivity index (χ2n) is 4.12. The van der Waals surface area contributed by atoms with Gasteiger partial charge in [-0.2, -0.15) is 0 Å². The van der Waals surface area contributed by atoms with Crippen molar-refractivity contribution in [3.05, 3.63) is 18.0 Å². The minimum Gasteiger partial charge on any atom is -0.487 e. The van der Waals surface area contributed by atoms with Gasteiger partial charge in [-0.25, -0.2) is 8.42 Å². The molecule has 0 spiro atoms. The number of nitrogens with one attached hydrogen (secondary N) is 1. The maximum atomic E-state index is 11.3. The fourth-order valence-corrected chi connectivity index (χ4v) is 1.92. The van der Waals surface area contributed by atoms with Gasteiger partial charge in [-0.05, 0) is 12.8 Å². The fraction of sp³-hybridized carbons (Fsp3) is 0.400. The summed E-state index contributed by atoms with van der Waals surface area (Å²) in [5.41, 5.74) is 5.40. The molecule has 0 saturated heterocycles. The molecule has 98 valence electrons. The van der Waals surface area contributed by atoms with Gasteiger partial charge in [0, 0.05) is 6.20 Å². The molecule has 1 aliphatic carbocycles. The topological polar surface area (TPSA) is 111 Å². The summed E-state index contributed by atoms with van der Waals surface area (Å²) in [4.78, 5) is 15.0. The van der Waals surface area contributed by atoms with E-state index in [1.165, 1.54) is 12.4 Å². The van der Waals surface area contributed by atoms with Crippen LogP contribution in [0.5, 0.6) is 5.75 Å². The lowest BCUT2D eigenvalue weighted by molar-refractivity contribution is 0.0995. The lowest BCUT2D eigenvalue weighted by Gasteiger charge is -2.13. The number of hydrogen-bond acceptors (Lipinski definition) is 5. The number of carbonyl (C=O) groups is 1. The van der Waals surface area contributed by atoms with E-state index in [1.807, 2.05) is 0 Å². The summed E-state index contributed by atoms with van der Waals surface area (Å²) in [5, 5.41) is 0. The number of ether oxygens (including phenoxy) is 1. The number of sulfonamides is 1. The molecule has 1 aliphatic rings. The number of nitrogens with two attached hydrogens (primary N) is 1. The van der Waals surface area contributed by atoms with Crippen LogP contribution in [0.15, 0.2) is 12.4 Å². The monoisotopic (exact) mass is 271 g/mol. The number of aromatic nitrogens is 1. The Hall–Kier alpha value is -1.83. The second kappa shape index (κ2) is 4.45. The molecule has 0 unspecified atom stereocenters. The van der Waals surface area contributed by atoms with Gasteiger partial charge in [-0.1, -0.05) is 0 Å². The molecule has 1 fully saturated rings. The van der Waals surface area contributed by atoms with Crippen molar-refractivity contribution in [1.29, 1.82) is 0 Å². The molecule has 1 aromatic heterocycles. The van der Waals surface area contributed by atoms with Crippen LogP contribution in [0.4, 0.5) is 5.69 Å². The summed E-state index contributed by atoms with van der Waals surface area (Å²) in [7, 11) is -3.48. The van der Waals surface area contributed by atoms with Crippen LogP contribution in [-0.2, 0) is 10.0 Å². The molecule has 8 heteroatoms. The van der Waals surface area contributed by atoms with Gasteiger partial charge in [0.1, 0.15) is 11.3 Å². The molecular formula is C10H13N3O4S. The van der Waals surface area contributed by atoms with Crippen molar-refractivity contribution < 1.29 is 17.9 Å². The van der Waals surface area contributed by atoms with Crippen molar-refractivity contribution in [2.45, 2.75) is 18.9 Å². The average Bonchev–Trinajstić information content (AvgIpc) is 3.01. The van der Waals surface area contributed by atoms with Gasteiger partial charge in [-0.3, -0.25) is 14.5 Å². The molecule has 7 nitrogen and oxygen atoms in total. The molecule has 18 heavy (non-hydrogen) atoms. The highest BCUT2D eigenvalue weighted by Crippen LogP contribution is 2.34. The third-order valence-corrected chi connectivity index (χ3v) is 2.86. The number of pyridine rings is 1. The lowest BCUT2D eigenvalue weighted by Crippen LogP contribution is -2.17. The minimum atomic E-state index is -3.48. The first-order valence-corrected chi connectivity index (χ1v) is 7.18. The van der Waals surface area contributed by atoms with Crippen molar-refractivity contribution in [3.8, 4) is 5.75 Å². The fourth-order valence-electron chi connectivity index (χ4n) is 1.38. The van der Waals surface area contributed by atoms with Crippen LogP contribution in [-0.4, -0.2) is 31.7 Å². The van der Waals surface area contributed by atoms with Crippen molar-refractivity contribution in [2.24, 2.45) is 5.73 Å². The number of hydrogen-bond donors (Lipinski definition) is 2. The lowest BCUT2D eigenvalue weighted by atomic mass is 10.2. The summed E-state index contributed by atoms with van der Waals surface area (Å²) in [6.07, 6.45) is 5.30.